The number of hydrogen-bond donors (Lipinski definition) is 2. The van der Waals surface area contributed by atoms with Crippen LogP contribution >= 0.6 is 15.9 Å². The lowest BCUT2D eigenvalue weighted by Gasteiger charge is -2.26. The van der Waals surface area contributed by atoms with Gasteiger partial charge in [-0.25, -0.2) is 0 Å². The minimum Gasteiger partial charge on any atom is -0.508 e. The van der Waals surface area contributed by atoms with Gasteiger partial charge in [0.1, 0.15) is 5.75 Å². The molecule has 0 bridgehead atoms. The maximum Gasteiger partial charge on any atom is 0.120 e. The van der Waals surface area contributed by atoms with Crippen molar-refractivity contribution in [3.05, 3.63) is 28.2 Å². The third-order valence-electron chi connectivity index (χ3n) is 4.10. The van der Waals surface area contributed by atoms with E-state index in [1.165, 1.54) is 25.7 Å². The Morgan fingerprint density at radius 1 is 1.32 bits per heavy atom. The monoisotopic (exact) mass is 324 g/mol. The first-order valence-electron chi connectivity index (χ1n) is 7.17. The van der Waals surface area contributed by atoms with Gasteiger partial charge in [-0.3, -0.25) is 4.90 Å². The van der Waals surface area contributed by atoms with E-state index in [0.717, 1.165) is 35.7 Å². The largest absolute Gasteiger partial charge is 0.508 e. The van der Waals surface area contributed by atoms with Gasteiger partial charge in [0.25, 0.3) is 0 Å². The Balaban J connectivity index is 1.68. The molecule has 3 rings (SSSR count). The van der Waals surface area contributed by atoms with Crippen molar-refractivity contribution in [2.45, 2.75) is 44.3 Å². The molecule has 19 heavy (non-hydrogen) atoms. The number of phenolic OH excluding ortho intramolecular Hbond substituents is 1. The Bertz CT molecular complexity index is 442. The van der Waals surface area contributed by atoms with Crippen LogP contribution in [0.1, 0.15) is 31.2 Å². The molecule has 1 saturated carbocycles. The van der Waals surface area contributed by atoms with Crippen LogP contribution in [0.5, 0.6) is 5.75 Å². The van der Waals surface area contributed by atoms with Gasteiger partial charge in [0.05, 0.1) is 0 Å². The van der Waals surface area contributed by atoms with Crippen LogP contribution in [0.25, 0.3) is 0 Å². The van der Waals surface area contributed by atoms with Gasteiger partial charge in [-0.1, -0.05) is 15.9 Å². The predicted molar refractivity (Wildman–Crippen MR) is 80.3 cm³/mol. The first-order chi connectivity index (χ1) is 9.22. The van der Waals surface area contributed by atoms with Gasteiger partial charge in [-0.2, -0.15) is 0 Å². The number of phenols is 1. The van der Waals surface area contributed by atoms with Crippen molar-refractivity contribution in [2.75, 3.05) is 13.1 Å². The van der Waals surface area contributed by atoms with Crippen molar-refractivity contribution >= 4 is 15.9 Å². The van der Waals surface area contributed by atoms with Crippen LogP contribution in [-0.2, 0) is 6.54 Å². The molecular weight excluding hydrogens is 304 g/mol. The van der Waals surface area contributed by atoms with E-state index in [2.05, 4.69) is 26.1 Å². The van der Waals surface area contributed by atoms with Crippen molar-refractivity contribution in [3.63, 3.8) is 0 Å². The van der Waals surface area contributed by atoms with E-state index in [-0.39, 0.29) is 0 Å². The van der Waals surface area contributed by atoms with Gasteiger partial charge in [-0.05, 0) is 50.4 Å². The van der Waals surface area contributed by atoms with Crippen LogP contribution in [0.4, 0.5) is 0 Å². The predicted octanol–water partition coefficient (Wildman–Crippen LogP) is 2.87. The first-order valence-corrected chi connectivity index (χ1v) is 7.96. The molecule has 3 nitrogen and oxygen atoms in total. The SMILES string of the molecule is Oc1ccc(Br)cc1CN(CC1CCCN1)C1CC1. The van der Waals surface area contributed by atoms with Crippen LogP contribution in [-0.4, -0.2) is 35.2 Å². The zero-order chi connectivity index (χ0) is 13.2. The standard InChI is InChI=1S/C15H21BrN2O/c16-12-3-6-15(19)11(8-12)9-18(14-4-5-14)10-13-2-1-7-17-13/h3,6,8,13-14,17,19H,1-2,4-5,7,9-10H2. The summed E-state index contributed by atoms with van der Waals surface area (Å²) in [6, 6.07) is 7.06. The van der Waals surface area contributed by atoms with E-state index in [1.54, 1.807) is 6.07 Å². The fourth-order valence-electron chi connectivity index (χ4n) is 2.88. The molecule has 104 valence electrons. The molecule has 2 N–H and O–H groups in total. The average molecular weight is 325 g/mol. The van der Waals surface area contributed by atoms with E-state index in [1.807, 2.05) is 12.1 Å². The van der Waals surface area contributed by atoms with E-state index in [4.69, 9.17) is 0 Å². The third kappa shape index (κ3) is 3.50. The molecular formula is C15H21BrN2O. The van der Waals surface area contributed by atoms with Gasteiger partial charge in [-0.15, -0.1) is 0 Å². The molecule has 2 aliphatic rings. The van der Waals surface area contributed by atoms with E-state index < -0.39 is 0 Å². The highest BCUT2D eigenvalue weighted by Gasteiger charge is 2.31. The highest BCUT2D eigenvalue weighted by atomic mass is 79.9. The number of hydrogen-bond acceptors (Lipinski definition) is 3. The molecule has 2 fully saturated rings. The van der Waals surface area contributed by atoms with Gasteiger partial charge in [0, 0.05) is 35.2 Å². The number of nitrogens with one attached hydrogen (secondary N) is 1. The second-order valence-electron chi connectivity index (χ2n) is 5.73. The summed E-state index contributed by atoms with van der Waals surface area (Å²) in [6.07, 6.45) is 5.20. The zero-order valence-corrected chi connectivity index (χ0v) is 12.7. The minimum atomic E-state index is 0.410. The second-order valence-corrected chi connectivity index (χ2v) is 6.64. The molecule has 1 unspecified atom stereocenters. The van der Waals surface area contributed by atoms with Gasteiger partial charge >= 0.3 is 0 Å². The van der Waals surface area contributed by atoms with Crippen LogP contribution in [0, 0.1) is 0 Å². The van der Waals surface area contributed by atoms with E-state index in [9.17, 15) is 5.11 Å². The molecule has 1 aromatic carbocycles. The second kappa shape index (κ2) is 5.81. The molecule has 1 atom stereocenters. The van der Waals surface area contributed by atoms with Crippen LogP contribution in [0.2, 0.25) is 0 Å². The fraction of sp³-hybridized carbons (Fsp3) is 0.600. The first kappa shape index (κ1) is 13.4. The number of aromatic hydroxyl groups is 1. The van der Waals surface area contributed by atoms with Crippen LogP contribution in [0.3, 0.4) is 0 Å². The average Bonchev–Trinajstić information content (AvgIpc) is 3.12. The van der Waals surface area contributed by atoms with Crippen molar-refractivity contribution in [2.24, 2.45) is 0 Å². The number of nitrogens with zero attached hydrogens (tertiary/aromatic N) is 1. The minimum absolute atomic E-state index is 0.410. The fourth-order valence-corrected chi connectivity index (χ4v) is 3.29. The zero-order valence-electron chi connectivity index (χ0n) is 11.1. The molecule has 1 aliphatic heterocycles. The summed E-state index contributed by atoms with van der Waals surface area (Å²) < 4.78 is 1.04. The van der Waals surface area contributed by atoms with E-state index >= 15 is 0 Å². The van der Waals surface area contributed by atoms with Crippen molar-refractivity contribution < 1.29 is 5.11 Å². The highest BCUT2D eigenvalue weighted by molar-refractivity contribution is 9.10. The Kier molecular flexibility index (Phi) is 4.10. The lowest BCUT2D eigenvalue weighted by molar-refractivity contribution is 0.228. The topological polar surface area (TPSA) is 35.5 Å². The molecule has 0 radical (unpaired) electrons. The summed E-state index contributed by atoms with van der Waals surface area (Å²) in [5.74, 6) is 0.410. The summed E-state index contributed by atoms with van der Waals surface area (Å²) in [5.41, 5.74) is 1.03. The molecule has 1 aliphatic carbocycles. The Morgan fingerprint density at radius 2 is 2.16 bits per heavy atom. The molecule has 0 spiro atoms. The smallest absolute Gasteiger partial charge is 0.120 e. The van der Waals surface area contributed by atoms with Gasteiger partial charge in [0.15, 0.2) is 0 Å². The Morgan fingerprint density at radius 3 is 2.84 bits per heavy atom. The van der Waals surface area contributed by atoms with Crippen LogP contribution in [0.15, 0.2) is 22.7 Å². The molecule has 0 amide bonds. The maximum atomic E-state index is 9.98. The summed E-state index contributed by atoms with van der Waals surface area (Å²) in [6.45, 7) is 3.12. The molecule has 1 heterocycles. The third-order valence-corrected chi connectivity index (χ3v) is 4.59. The summed E-state index contributed by atoms with van der Waals surface area (Å²) in [4.78, 5) is 2.53. The molecule has 4 heteroatoms. The van der Waals surface area contributed by atoms with Crippen LogP contribution < -0.4 is 5.32 Å². The quantitative estimate of drug-likeness (QED) is 0.874. The normalized spacial score (nSPS) is 23.2. The lowest BCUT2D eigenvalue weighted by atomic mass is 10.1. The summed E-state index contributed by atoms with van der Waals surface area (Å²) >= 11 is 3.49. The lowest BCUT2D eigenvalue weighted by Crippen LogP contribution is -2.38. The highest BCUT2D eigenvalue weighted by Crippen LogP contribution is 2.31. The maximum absolute atomic E-state index is 9.98. The number of benzene rings is 1. The molecule has 0 aromatic heterocycles. The molecule has 1 aromatic rings. The van der Waals surface area contributed by atoms with Crippen molar-refractivity contribution in [1.82, 2.24) is 10.2 Å². The van der Waals surface area contributed by atoms with Gasteiger partial charge < -0.3 is 10.4 Å². The Hall–Kier alpha value is -0.580. The number of rotatable bonds is 5. The van der Waals surface area contributed by atoms with Crippen molar-refractivity contribution in [1.29, 1.82) is 0 Å². The summed E-state index contributed by atoms with van der Waals surface area (Å²) in [7, 11) is 0. The Labute approximate surface area is 123 Å². The van der Waals surface area contributed by atoms with Gasteiger partial charge in [0.2, 0.25) is 0 Å². The number of halogens is 1. The van der Waals surface area contributed by atoms with E-state index in [0.29, 0.717) is 11.8 Å². The molecule has 1 saturated heterocycles. The van der Waals surface area contributed by atoms with Crippen molar-refractivity contribution in [3.8, 4) is 5.75 Å². The summed E-state index contributed by atoms with van der Waals surface area (Å²) in [5, 5.41) is 13.6.